The molecule has 5 unspecified atom stereocenters. The molecule has 3 aliphatic rings. The molecule has 3 fully saturated rings. The lowest BCUT2D eigenvalue weighted by Gasteiger charge is -2.45. The second kappa shape index (κ2) is 7.85. The topological polar surface area (TPSA) is 92.3 Å². The Kier molecular flexibility index (Phi) is 5.45. The average molecular weight is 405 g/mol. The van der Waals surface area contributed by atoms with E-state index in [9.17, 15) is 18.0 Å². The molecular formula is C21H28N2O4S. The highest BCUT2D eigenvalue weighted by Crippen LogP contribution is 2.46. The van der Waals surface area contributed by atoms with E-state index in [1.807, 2.05) is 0 Å². The van der Waals surface area contributed by atoms with Crippen LogP contribution in [0.1, 0.15) is 44.9 Å². The summed E-state index contributed by atoms with van der Waals surface area (Å²) in [7, 11) is -3.45. The van der Waals surface area contributed by atoms with E-state index in [4.69, 9.17) is 0 Å². The average Bonchev–Trinajstić information content (AvgIpc) is 3.18. The zero-order valence-electron chi connectivity index (χ0n) is 16.0. The summed E-state index contributed by atoms with van der Waals surface area (Å²) in [5, 5.41) is 6.18. The molecule has 0 radical (unpaired) electrons. The Balaban J connectivity index is 1.29. The van der Waals surface area contributed by atoms with Gasteiger partial charge in [-0.1, -0.05) is 24.6 Å². The maximum Gasteiger partial charge on any atom is 0.223 e. The Morgan fingerprint density at radius 2 is 1.86 bits per heavy atom. The minimum atomic E-state index is -3.45. The van der Waals surface area contributed by atoms with Gasteiger partial charge in [0, 0.05) is 24.4 Å². The molecule has 0 aromatic heterocycles. The van der Waals surface area contributed by atoms with Crippen molar-refractivity contribution in [1.29, 1.82) is 0 Å². The third kappa shape index (κ3) is 3.95. The van der Waals surface area contributed by atoms with E-state index < -0.39 is 9.84 Å². The molecule has 2 aliphatic carbocycles. The number of sulfone groups is 1. The largest absolute Gasteiger partial charge is 0.353 e. The molecule has 1 saturated heterocycles. The summed E-state index contributed by atoms with van der Waals surface area (Å²) < 4.78 is 24.7. The van der Waals surface area contributed by atoms with Crippen LogP contribution in [0.15, 0.2) is 35.2 Å². The van der Waals surface area contributed by atoms with Crippen molar-refractivity contribution in [2.24, 2.45) is 17.8 Å². The molecule has 152 valence electrons. The van der Waals surface area contributed by atoms with Crippen molar-refractivity contribution in [3.05, 3.63) is 30.3 Å². The van der Waals surface area contributed by atoms with Gasteiger partial charge in [-0.05, 0) is 56.1 Å². The fourth-order valence-electron chi connectivity index (χ4n) is 5.39. The maximum atomic E-state index is 12.3. The van der Waals surface area contributed by atoms with Crippen LogP contribution in [0.3, 0.4) is 0 Å². The van der Waals surface area contributed by atoms with Crippen LogP contribution in [-0.2, 0) is 19.4 Å². The molecule has 0 bridgehead atoms. The molecule has 1 aromatic carbocycles. The molecule has 2 saturated carbocycles. The van der Waals surface area contributed by atoms with Gasteiger partial charge in [0.2, 0.25) is 11.8 Å². The van der Waals surface area contributed by atoms with Gasteiger partial charge in [-0.3, -0.25) is 9.59 Å². The summed E-state index contributed by atoms with van der Waals surface area (Å²) in [6.07, 6.45) is 5.91. The molecule has 7 heteroatoms. The van der Waals surface area contributed by atoms with E-state index in [2.05, 4.69) is 10.6 Å². The number of piperidine rings is 1. The molecule has 2 amide bonds. The van der Waals surface area contributed by atoms with Crippen molar-refractivity contribution < 1.29 is 18.0 Å². The second-order valence-electron chi connectivity index (χ2n) is 8.44. The van der Waals surface area contributed by atoms with Gasteiger partial charge >= 0.3 is 0 Å². The van der Waals surface area contributed by atoms with Gasteiger partial charge in [-0.25, -0.2) is 8.42 Å². The quantitative estimate of drug-likeness (QED) is 0.786. The summed E-state index contributed by atoms with van der Waals surface area (Å²) >= 11 is 0. The molecule has 1 heterocycles. The van der Waals surface area contributed by atoms with Crippen LogP contribution in [-0.4, -0.2) is 38.1 Å². The summed E-state index contributed by atoms with van der Waals surface area (Å²) in [5.74, 6) is 0.981. The highest BCUT2D eigenvalue weighted by molar-refractivity contribution is 7.91. The summed E-state index contributed by atoms with van der Waals surface area (Å²) in [5.41, 5.74) is 0. The van der Waals surface area contributed by atoms with E-state index in [1.54, 1.807) is 30.3 Å². The number of hydrogen-bond donors (Lipinski definition) is 2. The molecule has 1 aromatic rings. The van der Waals surface area contributed by atoms with Crippen LogP contribution in [0.4, 0.5) is 0 Å². The van der Waals surface area contributed by atoms with Crippen LogP contribution < -0.4 is 10.6 Å². The van der Waals surface area contributed by atoms with Gasteiger partial charge in [-0.15, -0.1) is 0 Å². The third-order valence-corrected chi connectivity index (χ3v) is 8.48. The fourth-order valence-corrected chi connectivity index (χ4v) is 6.65. The molecule has 2 N–H and O–H groups in total. The molecule has 6 nitrogen and oxygen atoms in total. The Morgan fingerprint density at radius 3 is 2.64 bits per heavy atom. The lowest BCUT2D eigenvalue weighted by Crippen LogP contribution is -2.57. The first-order valence-corrected chi connectivity index (χ1v) is 12.0. The Hall–Kier alpha value is -1.89. The van der Waals surface area contributed by atoms with Crippen LogP contribution in [0, 0.1) is 17.8 Å². The first-order chi connectivity index (χ1) is 13.4. The summed E-state index contributed by atoms with van der Waals surface area (Å²) in [4.78, 5) is 24.9. The second-order valence-corrected chi connectivity index (χ2v) is 10.5. The van der Waals surface area contributed by atoms with E-state index in [0.717, 1.165) is 38.5 Å². The number of amides is 2. The molecule has 5 atom stereocenters. The zero-order chi connectivity index (χ0) is 19.7. The predicted molar refractivity (Wildman–Crippen MR) is 105 cm³/mol. The molecule has 1 aliphatic heterocycles. The Morgan fingerprint density at radius 1 is 1.07 bits per heavy atom. The van der Waals surface area contributed by atoms with Gasteiger partial charge in [-0.2, -0.15) is 0 Å². The van der Waals surface area contributed by atoms with Crippen LogP contribution in [0.2, 0.25) is 0 Å². The number of fused-ring (bicyclic) bond motifs is 3. The van der Waals surface area contributed by atoms with Crippen molar-refractivity contribution in [2.45, 2.75) is 61.9 Å². The van der Waals surface area contributed by atoms with E-state index in [0.29, 0.717) is 11.8 Å². The van der Waals surface area contributed by atoms with Crippen molar-refractivity contribution in [2.75, 3.05) is 5.75 Å². The highest BCUT2D eigenvalue weighted by Gasteiger charge is 2.48. The zero-order valence-corrected chi connectivity index (χ0v) is 16.8. The van der Waals surface area contributed by atoms with Gasteiger partial charge in [0.25, 0.3) is 0 Å². The molecule has 28 heavy (non-hydrogen) atoms. The first kappa shape index (κ1) is 19.4. The van der Waals surface area contributed by atoms with Gasteiger partial charge < -0.3 is 10.6 Å². The van der Waals surface area contributed by atoms with E-state index in [1.165, 1.54) is 0 Å². The summed E-state index contributed by atoms with van der Waals surface area (Å²) in [6, 6.07) is 8.37. The third-order valence-electron chi connectivity index (χ3n) is 6.75. The van der Waals surface area contributed by atoms with Crippen molar-refractivity contribution in [3.8, 4) is 0 Å². The van der Waals surface area contributed by atoms with Crippen LogP contribution in [0.5, 0.6) is 0 Å². The number of carbonyl (C=O) groups excluding carboxylic acids is 2. The van der Waals surface area contributed by atoms with Gasteiger partial charge in [0.1, 0.15) is 0 Å². The molecule has 4 rings (SSSR count). The van der Waals surface area contributed by atoms with Crippen LogP contribution >= 0.6 is 0 Å². The lowest BCUT2D eigenvalue weighted by molar-refractivity contribution is -0.132. The lowest BCUT2D eigenvalue weighted by atomic mass is 9.68. The first-order valence-electron chi connectivity index (χ1n) is 10.3. The minimum Gasteiger partial charge on any atom is -0.353 e. The standard InChI is InChI=1S/C21H28N2O4S/c24-20(11-12-28(26,27)15-5-2-1-3-6-15)22-14-9-10-17-16-7-4-8-18(16)21(25)23-19(17)13-14/h1-3,5-6,14,16-19H,4,7-13H2,(H,22,24)(H,23,25). The SMILES string of the molecule is O=C(CCS(=O)(=O)c1ccccc1)NC1CCC2C(C1)NC(=O)C1CCCC12. The van der Waals surface area contributed by atoms with E-state index in [-0.39, 0.29) is 46.9 Å². The monoisotopic (exact) mass is 404 g/mol. The maximum absolute atomic E-state index is 12.3. The van der Waals surface area contributed by atoms with Gasteiger partial charge in [0.05, 0.1) is 10.6 Å². The smallest absolute Gasteiger partial charge is 0.223 e. The normalized spacial score (nSPS) is 32.1. The predicted octanol–water partition coefficient (Wildman–Crippen LogP) is 2.05. The molecular weight excluding hydrogens is 376 g/mol. The summed E-state index contributed by atoms with van der Waals surface area (Å²) in [6.45, 7) is 0. The van der Waals surface area contributed by atoms with Gasteiger partial charge in [0.15, 0.2) is 9.84 Å². The minimum absolute atomic E-state index is 0.00596. The molecule has 0 spiro atoms. The highest BCUT2D eigenvalue weighted by atomic mass is 32.2. The number of nitrogens with one attached hydrogen (secondary N) is 2. The van der Waals surface area contributed by atoms with Crippen molar-refractivity contribution >= 4 is 21.7 Å². The Labute approximate surface area is 166 Å². The number of hydrogen-bond acceptors (Lipinski definition) is 4. The Bertz CT molecular complexity index is 839. The van der Waals surface area contributed by atoms with E-state index >= 15 is 0 Å². The fraction of sp³-hybridized carbons (Fsp3) is 0.619. The number of carbonyl (C=O) groups is 2. The van der Waals surface area contributed by atoms with Crippen LogP contribution in [0.25, 0.3) is 0 Å². The van der Waals surface area contributed by atoms with Crippen molar-refractivity contribution in [1.82, 2.24) is 10.6 Å². The number of benzene rings is 1. The number of rotatable bonds is 5. The van der Waals surface area contributed by atoms with Crippen molar-refractivity contribution in [3.63, 3.8) is 0 Å².